The molecule has 0 aromatic heterocycles. The Morgan fingerprint density at radius 1 is 1.25 bits per heavy atom. The van der Waals surface area contributed by atoms with Crippen molar-refractivity contribution in [2.45, 2.75) is 45.7 Å². The fraction of sp³-hybridized carbons (Fsp3) is 0.647. The van der Waals surface area contributed by atoms with E-state index in [2.05, 4.69) is 60.0 Å². The first-order chi connectivity index (χ1) is 9.50. The second-order valence-electron chi connectivity index (χ2n) is 6.96. The zero-order valence-electron chi connectivity index (χ0n) is 12.6. The summed E-state index contributed by atoms with van der Waals surface area (Å²) in [6.07, 6.45) is 4.14. The quantitative estimate of drug-likeness (QED) is 0.784. The first-order valence-electron chi connectivity index (χ1n) is 7.56. The molecule has 1 N–H and O–H groups in total. The Balaban J connectivity index is 1.60. The van der Waals surface area contributed by atoms with E-state index in [1.165, 1.54) is 28.4 Å². The maximum Gasteiger partial charge on any atom is 0.123 e. The first kappa shape index (κ1) is 14.6. The third kappa shape index (κ3) is 2.59. The molecular formula is C17H24INO. The van der Waals surface area contributed by atoms with Crippen molar-refractivity contribution in [2.75, 3.05) is 7.11 Å². The highest BCUT2D eigenvalue weighted by molar-refractivity contribution is 14.1. The molecule has 20 heavy (non-hydrogen) atoms. The molecule has 3 aliphatic carbocycles. The van der Waals surface area contributed by atoms with Crippen LogP contribution in [0.25, 0.3) is 0 Å². The van der Waals surface area contributed by atoms with Gasteiger partial charge < -0.3 is 10.1 Å². The van der Waals surface area contributed by atoms with Gasteiger partial charge in [0.1, 0.15) is 5.75 Å². The summed E-state index contributed by atoms with van der Waals surface area (Å²) in [5, 5.41) is 3.76. The number of ether oxygens (including phenoxy) is 1. The van der Waals surface area contributed by atoms with Gasteiger partial charge >= 0.3 is 0 Å². The number of benzene rings is 1. The molecule has 3 atom stereocenters. The van der Waals surface area contributed by atoms with Gasteiger partial charge in [-0.3, -0.25) is 0 Å². The number of fused-ring (bicyclic) bond motifs is 2. The summed E-state index contributed by atoms with van der Waals surface area (Å²) in [4.78, 5) is 0. The number of halogens is 1. The van der Waals surface area contributed by atoms with Crippen LogP contribution in [0.4, 0.5) is 0 Å². The number of rotatable bonds is 4. The molecule has 0 aliphatic heterocycles. The molecule has 0 heterocycles. The smallest absolute Gasteiger partial charge is 0.123 e. The summed E-state index contributed by atoms with van der Waals surface area (Å²) in [7, 11) is 1.75. The summed E-state index contributed by atoms with van der Waals surface area (Å²) in [6.45, 7) is 5.82. The van der Waals surface area contributed by atoms with E-state index >= 15 is 0 Å². The lowest BCUT2D eigenvalue weighted by Gasteiger charge is -2.59. The Bertz CT molecular complexity index is 486. The Kier molecular flexibility index (Phi) is 4.01. The molecule has 3 saturated carbocycles. The van der Waals surface area contributed by atoms with Gasteiger partial charge in [-0.25, -0.2) is 0 Å². The highest BCUT2D eigenvalue weighted by Crippen LogP contribution is 2.59. The van der Waals surface area contributed by atoms with Gasteiger partial charge in [0.2, 0.25) is 0 Å². The van der Waals surface area contributed by atoms with Gasteiger partial charge in [-0.2, -0.15) is 0 Å². The van der Waals surface area contributed by atoms with Crippen molar-refractivity contribution in [1.82, 2.24) is 5.32 Å². The molecule has 4 rings (SSSR count). The SMILES string of the molecule is COc1ccc(I)cc1CN[C@@H]1C[C@@H]2C[C@H](C1)C2(C)C. The average molecular weight is 385 g/mol. The van der Waals surface area contributed by atoms with Crippen LogP contribution in [0.2, 0.25) is 0 Å². The standard InChI is InChI=1S/C17H24INO/c1-17(2)12-7-13(17)9-15(8-12)19-10-11-6-14(18)4-5-16(11)20-3/h4-6,12-13,15,19H,7-10H2,1-3H3/t12-,13+,15+. The van der Waals surface area contributed by atoms with Gasteiger partial charge in [-0.15, -0.1) is 0 Å². The molecule has 2 nitrogen and oxygen atoms in total. The fourth-order valence-corrected chi connectivity index (χ4v) is 4.57. The minimum absolute atomic E-state index is 0.595. The molecular weight excluding hydrogens is 361 g/mol. The molecule has 1 aromatic carbocycles. The predicted molar refractivity (Wildman–Crippen MR) is 91.0 cm³/mol. The van der Waals surface area contributed by atoms with E-state index in [4.69, 9.17) is 4.74 Å². The van der Waals surface area contributed by atoms with E-state index in [0.717, 1.165) is 24.1 Å². The highest BCUT2D eigenvalue weighted by Gasteiger charge is 2.52. The van der Waals surface area contributed by atoms with Crippen LogP contribution in [0, 0.1) is 20.8 Å². The maximum atomic E-state index is 5.46. The third-order valence-corrected chi connectivity index (χ3v) is 6.31. The average Bonchev–Trinajstić information content (AvgIpc) is 2.45. The predicted octanol–water partition coefficient (Wildman–Crippen LogP) is 4.21. The van der Waals surface area contributed by atoms with E-state index in [0.29, 0.717) is 11.5 Å². The Labute approximate surface area is 135 Å². The lowest BCUT2D eigenvalue weighted by Crippen LogP contribution is -2.55. The zero-order valence-corrected chi connectivity index (χ0v) is 14.7. The molecule has 110 valence electrons. The van der Waals surface area contributed by atoms with Crippen molar-refractivity contribution in [1.29, 1.82) is 0 Å². The normalized spacial score (nSPS) is 30.7. The Morgan fingerprint density at radius 2 is 1.95 bits per heavy atom. The maximum absolute atomic E-state index is 5.46. The molecule has 3 aliphatic rings. The molecule has 0 spiro atoms. The van der Waals surface area contributed by atoms with Gasteiger partial charge in [0.25, 0.3) is 0 Å². The van der Waals surface area contributed by atoms with Crippen LogP contribution in [0.5, 0.6) is 5.75 Å². The molecule has 0 amide bonds. The molecule has 0 saturated heterocycles. The van der Waals surface area contributed by atoms with Crippen molar-refractivity contribution < 1.29 is 4.74 Å². The van der Waals surface area contributed by atoms with Gasteiger partial charge in [0.15, 0.2) is 0 Å². The van der Waals surface area contributed by atoms with Crippen molar-refractivity contribution in [3.05, 3.63) is 27.3 Å². The molecule has 0 radical (unpaired) electrons. The molecule has 3 fully saturated rings. The summed E-state index contributed by atoms with van der Waals surface area (Å²) in [6, 6.07) is 7.08. The van der Waals surface area contributed by atoms with Gasteiger partial charge in [0.05, 0.1) is 7.11 Å². The third-order valence-electron chi connectivity index (χ3n) is 5.64. The lowest BCUT2D eigenvalue weighted by molar-refractivity contribution is -0.0787. The largest absolute Gasteiger partial charge is 0.496 e. The molecule has 3 heteroatoms. The molecule has 2 bridgehead atoms. The fourth-order valence-electron chi connectivity index (χ4n) is 4.01. The second-order valence-corrected chi connectivity index (χ2v) is 8.20. The van der Waals surface area contributed by atoms with Crippen LogP contribution >= 0.6 is 22.6 Å². The van der Waals surface area contributed by atoms with Gasteiger partial charge in [-0.05, 0) is 77.3 Å². The topological polar surface area (TPSA) is 21.3 Å². The minimum atomic E-state index is 0.595. The first-order valence-corrected chi connectivity index (χ1v) is 8.64. The Hall–Kier alpha value is -0.290. The summed E-state index contributed by atoms with van der Waals surface area (Å²) < 4.78 is 6.73. The van der Waals surface area contributed by atoms with E-state index in [1.807, 2.05) is 0 Å². The lowest BCUT2D eigenvalue weighted by atomic mass is 9.48. The Morgan fingerprint density at radius 3 is 2.55 bits per heavy atom. The zero-order chi connectivity index (χ0) is 14.3. The second kappa shape index (κ2) is 5.48. The van der Waals surface area contributed by atoms with Crippen LogP contribution in [-0.4, -0.2) is 13.2 Å². The van der Waals surface area contributed by atoms with E-state index in [-0.39, 0.29) is 0 Å². The van der Waals surface area contributed by atoms with Gasteiger partial charge in [-0.1, -0.05) is 13.8 Å². The summed E-state index contributed by atoms with van der Waals surface area (Å²) >= 11 is 2.36. The summed E-state index contributed by atoms with van der Waals surface area (Å²) in [5.41, 5.74) is 1.87. The number of hydrogen-bond acceptors (Lipinski definition) is 2. The number of nitrogens with one attached hydrogen (secondary N) is 1. The minimum Gasteiger partial charge on any atom is -0.496 e. The summed E-state index contributed by atoms with van der Waals surface area (Å²) in [5.74, 6) is 2.85. The monoisotopic (exact) mass is 385 g/mol. The van der Waals surface area contributed by atoms with Crippen molar-refractivity contribution in [3.8, 4) is 5.75 Å². The van der Waals surface area contributed by atoms with Crippen molar-refractivity contribution >= 4 is 22.6 Å². The van der Waals surface area contributed by atoms with E-state index < -0.39 is 0 Å². The van der Waals surface area contributed by atoms with Gasteiger partial charge in [0, 0.05) is 21.7 Å². The molecule has 1 aromatic rings. The molecule has 0 unspecified atom stereocenters. The van der Waals surface area contributed by atoms with Crippen molar-refractivity contribution in [3.63, 3.8) is 0 Å². The van der Waals surface area contributed by atoms with Crippen LogP contribution in [-0.2, 0) is 6.54 Å². The van der Waals surface area contributed by atoms with E-state index in [9.17, 15) is 0 Å². The van der Waals surface area contributed by atoms with Crippen molar-refractivity contribution in [2.24, 2.45) is 17.3 Å². The number of hydrogen-bond donors (Lipinski definition) is 1. The van der Waals surface area contributed by atoms with E-state index in [1.54, 1.807) is 7.11 Å². The van der Waals surface area contributed by atoms with Crippen LogP contribution in [0.3, 0.4) is 0 Å². The van der Waals surface area contributed by atoms with Crippen LogP contribution in [0.15, 0.2) is 18.2 Å². The highest BCUT2D eigenvalue weighted by atomic mass is 127. The van der Waals surface area contributed by atoms with Crippen LogP contribution < -0.4 is 10.1 Å². The number of methoxy groups -OCH3 is 1. The van der Waals surface area contributed by atoms with Crippen LogP contribution in [0.1, 0.15) is 38.7 Å².